The van der Waals surface area contributed by atoms with Gasteiger partial charge in [0.2, 0.25) is 17.1 Å². The first kappa shape index (κ1) is 13.7. The van der Waals surface area contributed by atoms with Crippen LogP contribution in [0.4, 0.5) is 5.95 Å². The van der Waals surface area contributed by atoms with Gasteiger partial charge in [-0.1, -0.05) is 11.6 Å². The van der Waals surface area contributed by atoms with Crippen molar-refractivity contribution in [3.05, 3.63) is 42.1 Å². The van der Waals surface area contributed by atoms with Crippen molar-refractivity contribution < 1.29 is 0 Å². The third-order valence-electron chi connectivity index (χ3n) is 2.36. The van der Waals surface area contributed by atoms with Crippen molar-refractivity contribution in [1.82, 2.24) is 29.5 Å². The van der Waals surface area contributed by atoms with Crippen LogP contribution in [0.3, 0.4) is 0 Å². The van der Waals surface area contributed by atoms with Gasteiger partial charge in [0.15, 0.2) is 0 Å². The highest BCUT2D eigenvalue weighted by Crippen LogP contribution is 2.24. The Balaban J connectivity index is 1.94. The van der Waals surface area contributed by atoms with Gasteiger partial charge in [-0.2, -0.15) is 15.0 Å². The molecule has 3 N–H and O–H groups in total. The van der Waals surface area contributed by atoms with Crippen LogP contribution < -0.4 is 11.3 Å². The Morgan fingerprint density at radius 2 is 2.14 bits per heavy atom. The van der Waals surface area contributed by atoms with Crippen LogP contribution in [-0.4, -0.2) is 29.5 Å². The minimum absolute atomic E-state index is 0.255. The average molecular weight is 321 g/mol. The number of pyridine rings is 1. The molecule has 10 heteroatoms. The molecule has 0 aliphatic carbocycles. The summed E-state index contributed by atoms with van der Waals surface area (Å²) in [4.78, 5) is 20.8. The zero-order valence-corrected chi connectivity index (χ0v) is 12.1. The molecule has 3 aromatic rings. The van der Waals surface area contributed by atoms with E-state index in [1.165, 1.54) is 11.8 Å². The van der Waals surface area contributed by atoms with Crippen molar-refractivity contribution in [2.24, 2.45) is 5.84 Å². The van der Waals surface area contributed by atoms with Crippen molar-refractivity contribution in [3.63, 3.8) is 0 Å². The SMILES string of the molecule is NNc1nc(Sc2ccc(Cl)cn2)nc(-n2ccnc2)n1. The second-order valence-corrected chi connectivity index (χ2v) is 5.20. The summed E-state index contributed by atoms with van der Waals surface area (Å²) in [6.45, 7) is 0. The third-order valence-corrected chi connectivity index (χ3v) is 3.40. The van der Waals surface area contributed by atoms with Crippen LogP contribution in [0.25, 0.3) is 5.95 Å². The molecule has 0 aliphatic rings. The summed E-state index contributed by atoms with van der Waals surface area (Å²) in [5.41, 5.74) is 2.41. The lowest BCUT2D eigenvalue weighted by molar-refractivity contribution is 0.823. The third kappa shape index (κ3) is 3.27. The molecular weight excluding hydrogens is 312 g/mol. The lowest BCUT2D eigenvalue weighted by atomic mass is 10.5. The van der Waals surface area contributed by atoms with Gasteiger partial charge >= 0.3 is 0 Å². The number of anilines is 1. The van der Waals surface area contributed by atoms with Gasteiger partial charge in [0.25, 0.3) is 0 Å². The Morgan fingerprint density at radius 3 is 2.81 bits per heavy atom. The molecule has 0 amide bonds. The molecule has 106 valence electrons. The molecule has 0 aromatic carbocycles. The first-order valence-electron chi connectivity index (χ1n) is 5.75. The van der Waals surface area contributed by atoms with Gasteiger partial charge in [-0.3, -0.25) is 9.99 Å². The largest absolute Gasteiger partial charge is 0.292 e. The predicted octanol–water partition coefficient (Wildman–Crippen LogP) is 1.54. The lowest BCUT2D eigenvalue weighted by Crippen LogP contribution is -2.13. The summed E-state index contributed by atoms with van der Waals surface area (Å²) in [5.74, 6) is 6.05. The number of hydrogen-bond acceptors (Lipinski definition) is 8. The minimum Gasteiger partial charge on any atom is -0.292 e. The zero-order chi connectivity index (χ0) is 14.7. The molecule has 0 saturated heterocycles. The van der Waals surface area contributed by atoms with Crippen LogP contribution in [0.1, 0.15) is 0 Å². The van der Waals surface area contributed by atoms with Crippen molar-refractivity contribution in [3.8, 4) is 5.95 Å². The maximum absolute atomic E-state index is 5.81. The number of nitrogens with one attached hydrogen (secondary N) is 1. The summed E-state index contributed by atoms with van der Waals surface area (Å²) < 4.78 is 1.65. The fraction of sp³-hybridized carbons (Fsp3) is 0. The quantitative estimate of drug-likeness (QED) is 0.550. The number of nitrogens with two attached hydrogens (primary N) is 1. The minimum atomic E-state index is 0.255. The number of halogens is 1. The number of hydrogen-bond donors (Lipinski definition) is 2. The van der Waals surface area contributed by atoms with Crippen LogP contribution in [0.5, 0.6) is 0 Å². The topological polar surface area (TPSA) is 107 Å². The van der Waals surface area contributed by atoms with Crippen LogP contribution >= 0.6 is 23.4 Å². The van der Waals surface area contributed by atoms with Crippen LogP contribution in [0, 0.1) is 0 Å². The monoisotopic (exact) mass is 320 g/mol. The van der Waals surface area contributed by atoms with Crippen LogP contribution in [-0.2, 0) is 0 Å². The van der Waals surface area contributed by atoms with E-state index >= 15 is 0 Å². The number of nitrogen functional groups attached to an aromatic ring is 1. The number of aromatic nitrogens is 6. The second kappa shape index (κ2) is 6.04. The van der Waals surface area contributed by atoms with Crippen LogP contribution in [0.2, 0.25) is 5.02 Å². The fourth-order valence-electron chi connectivity index (χ4n) is 1.47. The molecule has 8 nitrogen and oxygen atoms in total. The molecule has 0 spiro atoms. The highest BCUT2D eigenvalue weighted by molar-refractivity contribution is 7.99. The first-order valence-corrected chi connectivity index (χ1v) is 6.94. The summed E-state index contributed by atoms with van der Waals surface area (Å²) in [5, 5.41) is 1.74. The maximum atomic E-state index is 5.81. The zero-order valence-electron chi connectivity index (χ0n) is 10.5. The van der Waals surface area contributed by atoms with E-state index in [0.29, 0.717) is 21.2 Å². The molecule has 0 fully saturated rings. The molecule has 3 heterocycles. The van der Waals surface area contributed by atoms with Gasteiger partial charge in [0.05, 0.1) is 5.02 Å². The summed E-state index contributed by atoms with van der Waals surface area (Å²) in [6, 6.07) is 3.53. The Kier molecular flexibility index (Phi) is 3.95. The van der Waals surface area contributed by atoms with Gasteiger partial charge < -0.3 is 0 Å². The van der Waals surface area contributed by atoms with E-state index in [0.717, 1.165) is 0 Å². The molecule has 0 bridgehead atoms. The molecule has 0 saturated carbocycles. The van der Waals surface area contributed by atoms with E-state index < -0.39 is 0 Å². The lowest BCUT2D eigenvalue weighted by Gasteiger charge is -2.06. The molecule has 0 radical (unpaired) electrons. The normalized spacial score (nSPS) is 10.6. The average Bonchev–Trinajstić information content (AvgIpc) is 3.04. The van der Waals surface area contributed by atoms with Crippen LogP contribution in [0.15, 0.2) is 47.2 Å². The number of hydrazine groups is 1. The molecule has 0 aliphatic heterocycles. The van der Waals surface area contributed by atoms with E-state index in [2.05, 4.69) is 30.3 Å². The second-order valence-electron chi connectivity index (χ2n) is 3.77. The molecule has 0 atom stereocenters. The number of imidazole rings is 1. The van der Waals surface area contributed by atoms with Gasteiger partial charge in [-0.15, -0.1) is 0 Å². The van der Waals surface area contributed by atoms with Crippen molar-refractivity contribution in [1.29, 1.82) is 0 Å². The number of rotatable bonds is 4. The standard InChI is InChI=1S/C11H9ClN8S/c12-7-1-2-8(15-5-7)21-11-17-9(19-13)16-10(18-11)20-4-3-14-6-20/h1-6H,13H2,(H,16,17,18,19). The highest BCUT2D eigenvalue weighted by Gasteiger charge is 2.09. The summed E-state index contributed by atoms with van der Waals surface area (Å²) >= 11 is 7.08. The smallest absolute Gasteiger partial charge is 0.242 e. The van der Waals surface area contributed by atoms with E-state index in [9.17, 15) is 0 Å². The Hall–Kier alpha value is -2.23. The highest BCUT2D eigenvalue weighted by atomic mass is 35.5. The van der Waals surface area contributed by atoms with E-state index in [1.807, 2.05) is 0 Å². The van der Waals surface area contributed by atoms with Crippen molar-refractivity contribution in [2.75, 3.05) is 5.43 Å². The van der Waals surface area contributed by atoms with E-state index in [-0.39, 0.29) is 5.95 Å². The fourth-order valence-corrected chi connectivity index (χ4v) is 2.26. The van der Waals surface area contributed by atoms with E-state index in [4.69, 9.17) is 17.4 Å². The number of nitrogens with zero attached hydrogens (tertiary/aromatic N) is 6. The molecule has 21 heavy (non-hydrogen) atoms. The van der Waals surface area contributed by atoms with E-state index in [1.54, 1.807) is 41.6 Å². The van der Waals surface area contributed by atoms with Gasteiger partial charge in [0, 0.05) is 18.6 Å². The summed E-state index contributed by atoms with van der Waals surface area (Å²) in [6.07, 6.45) is 6.51. The molecule has 3 aromatic heterocycles. The Morgan fingerprint density at radius 1 is 1.24 bits per heavy atom. The Bertz CT molecular complexity index is 730. The van der Waals surface area contributed by atoms with Crippen molar-refractivity contribution >= 4 is 29.3 Å². The molecule has 0 unspecified atom stereocenters. The molecular formula is C11H9ClN8S. The Labute approximate surface area is 128 Å². The maximum Gasteiger partial charge on any atom is 0.242 e. The predicted molar refractivity (Wildman–Crippen MR) is 78.1 cm³/mol. The first-order chi connectivity index (χ1) is 10.2. The van der Waals surface area contributed by atoms with Gasteiger partial charge in [-0.05, 0) is 23.9 Å². The van der Waals surface area contributed by atoms with Crippen molar-refractivity contribution in [2.45, 2.75) is 10.2 Å². The van der Waals surface area contributed by atoms with Gasteiger partial charge in [0.1, 0.15) is 11.4 Å². The van der Waals surface area contributed by atoms with Gasteiger partial charge in [-0.25, -0.2) is 15.8 Å². The summed E-state index contributed by atoms with van der Waals surface area (Å²) in [7, 11) is 0. The molecule has 3 rings (SSSR count).